The second kappa shape index (κ2) is 8.72. The van der Waals surface area contributed by atoms with E-state index >= 15 is 0 Å². The van der Waals surface area contributed by atoms with Crippen molar-refractivity contribution >= 4 is 23.7 Å². The number of carbonyl (C=O) groups excluding carboxylic acids is 2. The molecule has 0 aliphatic heterocycles. The van der Waals surface area contributed by atoms with Gasteiger partial charge in [-0.05, 0) is 23.8 Å². The molecule has 0 radical (unpaired) electrons. The Labute approximate surface area is 159 Å². The van der Waals surface area contributed by atoms with Crippen LogP contribution in [-0.4, -0.2) is 28.6 Å². The molecule has 0 fully saturated rings. The summed E-state index contributed by atoms with van der Waals surface area (Å²) in [5.74, 6) is -2.39. The Hall–Kier alpha value is -3.81. The zero-order valence-electron chi connectivity index (χ0n) is 14.6. The highest BCUT2D eigenvalue weighted by molar-refractivity contribution is 5.97. The maximum absolute atomic E-state index is 13.8. The van der Waals surface area contributed by atoms with Crippen molar-refractivity contribution in [2.75, 3.05) is 11.9 Å². The second-order valence-corrected chi connectivity index (χ2v) is 5.77. The lowest BCUT2D eigenvalue weighted by atomic mass is 10.1. The topological polar surface area (TPSA) is 86.9 Å². The fourth-order valence-corrected chi connectivity index (χ4v) is 2.42. The van der Waals surface area contributed by atoms with E-state index in [0.717, 1.165) is 17.7 Å². The van der Waals surface area contributed by atoms with Gasteiger partial charge in [-0.15, -0.1) is 0 Å². The van der Waals surface area contributed by atoms with Crippen molar-refractivity contribution in [2.45, 2.75) is 0 Å². The molecule has 3 N–H and O–H groups in total. The Morgan fingerprint density at radius 1 is 1.04 bits per heavy atom. The molecule has 0 aliphatic carbocycles. The van der Waals surface area contributed by atoms with Crippen LogP contribution in [0.1, 0.15) is 5.56 Å². The van der Waals surface area contributed by atoms with Crippen molar-refractivity contribution in [1.29, 1.82) is 0 Å². The Morgan fingerprint density at radius 3 is 2.46 bits per heavy atom. The Morgan fingerprint density at radius 2 is 1.75 bits per heavy atom. The largest absolute Gasteiger partial charge is 0.343 e. The molecule has 2 aromatic carbocycles. The van der Waals surface area contributed by atoms with E-state index in [1.54, 1.807) is 6.08 Å². The highest BCUT2D eigenvalue weighted by atomic mass is 19.1. The first-order valence-corrected chi connectivity index (χ1v) is 8.33. The number of halogens is 2. The van der Waals surface area contributed by atoms with Gasteiger partial charge in [0.05, 0.1) is 17.8 Å². The van der Waals surface area contributed by atoms with Crippen molar-refractivity contribution in [1.82, 2.24) is 15.5 Å². The van der Waals surface area contributed by atoms with Crippen LogP contribution in [0.5, 0.6) is 0 Å². The first kappa shape index (κ1) is 19.0. The van der Waals surface area contributed by atoms with Crippen LogP contribution in [0.4, 0.5) is 14.6 Å². The molecule has 6 nitrogen and oxygen atoms in total. The third-order valence-corrected chi connectivity index (χ3v) is 3.73. The van der Waals surface area contributed by atoms with Gasteiger partial charge >= 0.3 is 0 Å². The quantitative estimate of drug-likeness (QED) is 0.573. The van der Waals surface area contributed by atoms with Crippen molar-refractivity contribution in [3.8, 4) is 11.3 Å². The predicted octanol–water partition coefficient (Wildman–Crippen LogP) is 3.12. The van der Waals surface area contributed by atoms with Gasteiger partial charge < -0.3 is 10.6 Å². The minimum atomic E-state index is -0.751. The van der Waals surface area contributed by atoms with E-state index in [2.05, 4.69) is 20.8 Å². The van der Waals surface area contributed by atoms with Crippen LogP contribution in [-0.2, 0) is 9.59 Å². The molecular formula is C20H16F2N4O2. The highest BCUT2D eigenvalue weighted by Gasteiger charge is 2.14. The van der Waals surface area contributed by atoms with Crippen molar-refractivity contribution in [3.63, 3.8) is 0 Å². The molecule has 0 saturated heterocycles. The third-order valence-electron chi connectivity index (χ3n) is 3.73. The van der Waals surface area contributed by atoms with Gasteiger partial charge in [0.1, 0.15) is 11.6 Å². The number of rotatable bonds is 6. The van der Waals surface area contributed by atoms with E-state index in [9.17, 15) is 18.4 Å². The Balaban J connectivity index is 1.54. The summed E-state index contributed by atoms with van der Waals surface area (Å²) in [6, 6.07) is 14.0. The van der Waals surface area contributed by atoms with Crippen molar-refractivity contribution < 1.29 is 18.4 Å². The summed E-state index contributed by atoms with van der Waals surface area (Å²) >= 11 is 0. The molecular weight excluding hydrogens is 366 g/mol. The molecule has 1 heterocycles. The van der Waals surface area contributed by atoms with Gasteiger partial charge in [-0.25, -0.2) is 8.78 Å². The summed E-state index contributed by atoms with van der Waals surface area (Å²) in [6.07, 6.45) is 2.94. The molecule has 0 atom stereocenters. The van der Waals surface area contributed by atoms with Crippen LogP contribution in [0.3, 0.4) is 0 Å². The smallest absolute Gasteiger partial charge is 0.244 e. The maximum Gasteiger partial charge on any atom is 0.244 e. The molecule has 28 heavy (non-hydrogen) atoms. The van der Waals surface area contributed by atoms with Gasteiger partial charge in [-0.1, -0.05) is 36.4 Å². The lowest BCUT2D eigenvalue weighted by Crippen LogP contribution is -2.31. The molecule has 1 aromatic heterocycles. The van der Waals surface area contributed by atoms with Crippen LogP contribution in [0, 0.1) is 11.6 Å². The number of nitrogens with zero attached hydrogens (tertiary/aromatic N) is 1. The first-order chi connectivity index (χ1) is 13.5. The van der Waals surface area contributed by atoms with Gasteiger partial charge in [-0.3, -0.25) is 14.7 Å². The molecule has 0 saturated carbocycles. The fourth-order valence-electron chi connectivity index (χ4n) is 2.42. The second-order valence-electron chi connectivity index (χ2n) is 5.77. The average molecular weight is 382 g/mol. The van der Waals surface area contributed by atoms with Crippen LogP contribution >= 0.6 is 0 Å². The number of hydrogen-bond donors (Lipinski definition) is 3. The van der Waals surface area contributed by atoms with E-state index in [1.165, 1.54) is 18.2 Å². The number of hydrogen-bond acceptors (Lipinski definition) is 3. The van der Waals surface area contributed by atoms with Gasteiger partial charge in [0.2, 0.25) is 11.8 Å². The number of benzene rings is 2. The summed E-state index contributed by atoms with van der Waals surface area (Å²) in [5, 5.41) is 11.1. The number of amides is 2. The lowest BCUT2D eigenvalue weighted by Gasteiger charge is -2.02. The van der Waals surface area contributed by atoms with E-state index in [1.807, 2.05) is 30.3 Å². The molecule has 3 aromatic rings. The van der Waals surface area contributed by atoms with Crippen LogP contribution in [0.2, 0.25) is 0 Å². The average Bonchev–Trinajstić information content (AvgIpc) is 3.13. The number of carbonyl (C=O) groups is 2. The van der Waals surface area contributed by atoms with Gasteiger partial charge in [0.15, 0.2) is 5.82 Å². The molecule has 0 bridgehead atoms. The minimum absolute atomic E-state index is 0.0803. The van der Waals surface area contributed by atoms with Crippen molar-refractivity contribution in [3.05, 3.63) is 77.9 Å². The molecule has 0 aliphatic rings. The molecule has 142 valence electrons. The highest BCUT2D eigenvalue weighted by Crippen LogP contribution is 2.25. The molecule has 0 unspecified atom stereocenters. The normalized spacial score (nSPS) is 10.8. The number of nitrogens with one attached hydrogen (secondary N) is 3. The zero-order valence-corrected chi connectivity index (χ0v) is 14.6. The van der Waals surface area contributed by atoms with E-state index < -0.39 is 23.4 Å². The van der Waals surface area contributed by atoms with E-state index in [-0.39, 0.29) is 23.6 Å². The number of H-pyrrole nitrogens is 1. The van der Waals surface area contributed by atoms with E-state index in [4.69, 9.17) is 0 Å². The summed E-state index contributed by atoms with van der Waals surface area (Å²) < 4.78 is 27.6. The van der Waals surface area contributed by atoms with Crippen molar-refractivity contribution in [2.24, 2.45) is 0 Å². The summed E-state index contributed by atoms with van der Waals surface area (Å²) in [4.78, 5) is 23.7. The zero-order chi connectivity index (χ0) is 19.9. The molecule has 8 heteroatoms. The summed E-state index contributed by atoms with van der Waals surface area (Å²) in [5.41, 5.74) is 0.669. The van der Waals surface area contributed by atoms with E-state index in [0.29, 0.717) is 0 Å². The number of aromatic nitrogens is 2. The first-order valence-electron chi connectivity index (χ1n) is 8.33. The van der Waals surface area contributed by atoms with Gasteiger partial charge in [-0.2, -0.15) is 5.10 Å². The van der Waals surface area contributed by atoms with Crippen LogP contribution < -0.4 is 10.6 Å². The Bertz CT molecular complexity index is 996. The monoisotopic (exact) mass is 382 g/mol. The SMILES string of the molecule is O=C(/C=C\c1ccccc1)NCC(=O)Nc1cc(-c2c(F)cccc2F)[nH]n1. The minimum Gasteiger partial charge on any atom is -0.343 e. The Kier molecular flexibility index (Phi) is 5.91. The molecule has 0 spiro atoms. The predicted molar refractivity (Wildman–Crippen MR) is 101 cm³/mol. The molecule has 3 rings (SSSR count). The number of aromatic amines is 1. The van der Waals surface area contributed by atoms with Gasteiger partial charge in [0.25, 0.3) is 0 Å². The fraction of sp³-hybridized carbons (Fsp3) is 0.0500. The number of anilines is 1. The summed E-state index contributed by atoms with van der Waals surface area (Å²) in [6.45, 7) is -0.284. The third kappa shape index (κ3) is 4.88. The van der Waals surface area contributed by atoms with Crippen LogP contribution in [0.15, 0.2) is 60.7 Å². The van der Waals surface area contributed by atoms with Gasteiger partial charge in [0, 0.05) is 12.1 Å². The van der Waals surface area contributed by atoms with Crippen LogP contribution in [0.25, 0.3) is 17.3 Å². The lowest BCUT2D eigenvalue weighted by molar-refractivity contribution is -0.121. The summed E-state index contributed by atoms with van der Waals surface area (Å²) in [7, 11) is 0. The molecule has 2 amide bonds. The standard InChI is InChI=1S/C20H16F2N4O2/c21-14-7-4-8-15(22)20(14)16-11-17(26-25-16)24-19(28)12-23-18(27)10-9-13-5-2-1-3-6-13/h1-11H,12H2,(H,23,27)(H2,24,25,26,28)/b10-9-. The maximum atomic E-state index is 13.8.